The predicted molar refractivity (Wildman–Crippen MR) is 68.4 cm³/mol. The van der Waals surface area contributed by atoms with E-state index in [0.29, 0.717) is 12.2 Å². The van der Waals surface area contributed by atoms with Gasteiger partial charge in [0, 0.05) is 12.2 Å². The van der Waals surface area contributed by atoms with Crippen LogP contribution in [-0.4, -0.2) is 23.6 Å². The molecule has 1 aromatic rings. The maximum atomic E-state index is 11.2. The zero-order chi connectivity index (χ0) is 12.7. The van der Waals surface area contributed by atoms with Crippen molar-refractivity contribution in [1.82, 2.24) is 5.32 Å². The van der Waals surface area contributed by atoms with Crippen molar-refractivity contribution >= 4 is 40.7 Å². The van der Waals surface area contributed by atoms with Crippen LogP contribution in [0.2, 0.25) is 0 Å². The fourth-order valence-corrected chi connectivity index (χ4v) is 1.38. The molecule has 0 heterocycles. The Labute approximate surface area is 109 Å². The first kappa shape index (κ1) is 13.8. The van der Waals surface area contributed by atoms with E-state index in [0.717, 1.165) is 5.56 Å². The van der Waals surface area contributed by atoms with Crippen LogP contribution in [0, 0.1) is 0 Å². The van der Waals surface area contributed by atoms with Crippen molar-refractivity contribution in [3.05, 3.63) is 29.8 Å². The molecular weight excluding hydrogens is 263 g/mol. The molecule has 0 spiro atoms. The van der Waals surface area contributed by atoms with Gasteiger partial charge in [0.15, 0.2) is 0 Å². The standard InChI is InChI=1S/C11H12Cl2N2O2/c12-5-10(16)14-7-8-3-1-2-4-9(8)15-11(17)6-13/h1-4H,5-7H2,(H,14,16)(H,15,17). The van der Waals surface area contributed by atoms with Gasteiger partial charge in [-0.05, 0) is 11.6 Å². The molecule has 0 saturated carbocycles. The van der Waals surface area contributed by atoms with Crippen molar-refractivity contribution in [2.75, 3.05) is 17.1 Å². The molecule has 1 aromatic carbocycles. The van der Waals surface area contributed by atoms with Crippen LogP contribution in [0.15, 0.2) is 24.3 Å². The highest BCUT2D eigenvalue weighted by Crippen LogP contribution is 2.14. The Bertz CT molecular complexity index is 410. The molecule has 0 saturated heterocycles. The van der Waals surface area contributed by atoms with E-state index in [4.69, 9.17) is 23.2 Å². The van der Waals surface area contributed by atoms with E-state index in [-0.39, 0.29) is 23.6 Å². The average molecular weight is 275 g/mol. The van der Waals surface area contributed by atoms with Gasteiger partial charge in [-0.3, -0.25) is 9.59 Å². The lowest BCUT2D eigenvalue weighted by molar-refractivity contribution is -0.118. The maximum Gasteiger partial charge on any atom is 0.239 e. The molecule has 0 aliphatic carbocycles. The summed E-state index contributed by atoms with van der Waals surface area (Å²) >= 11 is 10.8. The number of alkyl halides is 2. The molecule has 1 rings (SSSR count). The van der Waals surface area contributed by atoms with Gasteiger partial charge in [0.1, 0.15) is 11.8 Å². The zero-order valence-corrected chi connectivity index (χ0v) is 10.5. The highest BCUT2D eigenvalue weighted by atomic mass is 35.5. The largest absolute Gasteiger partial charge is 0.351 e. The lowest BCUT2D eigenvalue weighted by Crippen LogP contribution is -2.24. The van der Waals surface area contributed by atoms with Gasteiger partial charge in [-0.2, -0.15) is 0 Å². The Morgan fingerprint density at radius 3 is 2.35 bits per heavy atom. The average Bonchev–Trinajstić information content (AvgIpc) is 2.37. The quantitative estimate of drug-likeness (QED) is 0.804. The lowest BCUT2D eigenvalue weighted by atomic mass is 10.1. The van der Waals surface area contributed by atoms with E-state index in [9.17, 15) is 9.59 Å². The maximum absolute atomic E-state index is 11.2. The van der Waals surface area contributed by atoms with Crippen molar-refractivity contribution in [2.45, 2.75) is 6.54 Å². The fraction of sp³-hybridized carbons (Fsp3) is 0.273. The van der Waals surface area contributed by atoms with Gasteiger partial charge < -0.3 is 10.6 Å². The summed E-state index contributed by atoms with van der Waals surface area (Å²) in [5.74, 6) is -0.744. The van der Waals surface area contributed by atoms with Gasteiger partial charge in [-0.15, -0.1) is 23.2 Å². The molecule has 0 fully saturated rings. The third kappa shape index (κ3) is 4.63. The molecule has 0 radical (unpaired) electrons. The Kier molecular flexibility index (Phi) is 5.80. The van der Waals surface area contributed by atoms with E-state index in [1.54, 1.807) is 18.2 Å². The van der Waals surface area contributed by atoms with Crippen LogP contribution in [0.3, 0.4) is 0 Å². The molecule has 17 heavy (non-hydrogen) atoms. The van der Waals surface area contributed by atoms with Crippen LogP contribution >= 0.6 is 23.2 Å². The molecule has 0 unspecified atom stereocenters. The molecular formula is C11H12Cl2N2O2. The summed E-state index contributed by atoms with van der Waals surface area (Å²) in [5, 5.41) is 5.27. The third-order valence-electron chi connectivity index (χ3n) is 2.01. The van der Waals surface area contributed by atoms with Gasteiger partial charge in [0.2, 0.25) is 11.8 Å². The minimum absolute atomic E-state index is 0.0871. The van der Waals surface area contributed by atoms with E-state index >= 15 is 0 Å². The number of halogens is 2. The van der Waals surface area contributed by atoms with Gasteiger partial charge in [-0.1, -0.05) is 18.2 Å². The summed E-state index contributed by atoms with van der Waals surface area (Å²) in [5.41, 5.74) is 1.43. The Balaban J connectivity index is 2.70. The lowest BCUT2D eigenvalue weighted by Gasteiger charge is -2.10. The summed E-state index contributed by atoms with van der Waals surface area (Å²) in [6.07, 6.45) is 0. The van der Waals surface area contributed by atoms with Crippen LogP contribution in [0.25, 0.3) is 0 Å². The topological polar surface area (TPSA) is 58.2 Å². The van der Waals surface area contributed by atoms with Crippen LogP contribution in [0.1, 0.15) is 5.56 Å². The van der Waals surface area contributed by atoms with Crippen LogP contribution in [-0.2, 0) is 16.1 Å². The first-order chi connectivity index (χ1) is 8.17. The first-order valence-electron chi connectivity index (χ1n) is 4.93. The zero-order valence-electron chi connectivity index (χ0n) is 9.00. The summed E-state index contributed by atoms with van der Waals surface area (Å²) in [7, 11) is 0. The SMILES string of the molecule is O=C(CCl)NCc1ccccc1NC(=O)CCl. The number of carbonyl (C=O) groups is 2. The van der Waals surface area contributed by atoms with E-state index in [2.05, 4.69) is 10.6 Å². The van der Waals surface area contributed by atoms with Crippen molar-refractivity contribution in [3.63, 3.8) is 0 Å². The highest BCUT2D eigenvalue weighted by molar-refractivity contribution is 6.29. The van der Waals surface area contributed by atoms with Crippen molar-refractivity contribution in [1.29, 1.82) is 0 Å². The number of hydrogen-bond donors (Lipinski definition) is 2. The second kappa shape index (κ2) is 7.14. The number of hydrogen-bond acceptors (Lipinski definition) is 2. The van der Waals surface area contributed by atoms with E-state index in [1.165, 1.54) is 0 Å². The number of para-hydroxylation sites is 1. The Hall–Kier alpha value is -1.26. The molecule has 0 atom stereocenters. The minimum Gasteiger partial charge on any atom is -0.351 e. The van der Waals surface area contributed by atoms with Crippen molar-refractivity contribution < 1.29 is 9.59 Å². The number of nitrogens with one attached hydrogen (secondary N) is 2. The van der Waals surface area contributed by atoms with Gasteiger partial charge in [0.25, 0.3) is 0 Å². The van der Waals surface area contributed by atoms with Crippen LogP contribution in [0.4, 0.5) is 5.69 Å². The van der Waals surface area contributed by atoms with Crippen LogP contribution in [0.5, 0.6) is 0 Å². The Morgan fingerprint density at radius 1 is 1.06 bits per heavy atom. The van der Waals surface area contributed by atoms with E-state index in [1.807, 2.05) is 6.07 Å². The molecule has 0 bridgehead atoms. The predicted octanol–water partition coefficient (Wildman–Crippen LogP) is 1.72. The fourth-order valence-electron chi connectivity index (χ4n) is 1.22. The van der Waals surface area contributed by atoms with Gasteiger partial charge in [-0.25, -0.2) is 0 Å². The minimum atomic E-state index is -0.289. The number of benzene rings is 1. The summed E-state index contributed by atoms with van der Waals surface area (Å²) in [6, 6.07) is 7.15. The number of anilines is 1. The molecule has 0 aliphatic rings. The molecule has 4 nitrogen and oxygen atoms in total. The number of amides is 2. The summed E-state index contributed by atoms with van der Waals surface area (Å²) < 4.78 is 0. The van der Waals surface area contributed by atoms with Gasteiger partial charge >= 0.3 is 0 Å². The van der Waals surface area contributed by atoms with Gasteiger partial charge in [0.05, 0.1) is 0 Å². The van der Waals surface area contributed by atoms with Crippen molar-refractivity contribution in [2.24, 2.45) is 0 Å². The highest BCUT2D eigenvalue weighted by Gasteiger charge is 2.06. The number of carbonyl (C=O) groups excluding carboxylic acids is 2. The molecule has 2 amide bonds. The second-order valence-corrected chi connectivity index (χ2v) is 3.78. The smallest absolute Gasteiger partial charge is 0.239 e. The third-order valence-corrected chi connectivity index (χ3v) is 2.50. The molecule has 2 N–H and O–H groups in total. The number of rotatable bonds is 5. The first-order valence-corrected chi connectivity index (χ1v) is 6.00. The normalized spacial score (nSPS) is 9.76. The monoisotopic (exact) mass is 274 g/mol. The van der Waals surface area contributed by atoms with E-state index < -0.39 is 0 Å². The molecule has 0 aromatic heterocycles. The van der Waals surface area contributed by atoms with Crippen molar-refractivity contribution in [3.8, 4) is 0 Å². The molecule has 6 heteroatoms. The Morgan fingerprint density at radius 2 is 1.71 bits per heavy atom. The van der Waals surface area contributed by atoms with Crippen LogP contribution < -0.4 is 10.6 Å². The molecule has 92 valence electrons. The summed E-state index contributed by atoms with van der Waals surface area (Å²) in [4.78, 5) is 22.2. The second-order valence-electron chi connectivity index (χ2n) is 3.25. The molecule has 0 aliphatic heterocycles. The summed E-state index contributed by atoms with van der Waals surface area (Å²) in [6.45, 7) is 0.310.